The van der Waals surface area contributed by atoms with Crippen molar-refractivity contribution < 1.29 is 28.2 Å². The Kier molecular flexibility index (Phi) is 8.60. The first-order valence-corrected chi connectivity index (χ1v) is 8.94. The monoisotopic (exact) mass is 375 g/mol. The first-order chi connectivity index (χ1) is 12.2. The molecule has 1 fully saturated rings. The number of hydrogen-bond donors (Lipinski definition) is 1. The molecule has 1 aliphatic heterocycles. The van der Waals surface area contributed by atoms with E-state index in [-0.39, 0.29) is 13.1 Å². The summed E-state index contributed by atoms with van der Waals surface area (Å²) in [6.07, 6.45) is 0.495. The van der Waals surface area contributed by atoms with E-state index in [0.717, 1.165) is 12.8 Å². The number of nitrogens with one attached hydrogen (secondary N) is 1. The van der Waals surface area contributed by atoms with Gasteiger partial charge < -0.3 is 24.6 Å². The van der Waals surface area contributed by atoms with Crippen molar-refractivity contribution in [2.24, 2.45) is 0 Å². The van der Waals surface area contributed by atoms with Crippen LogP contribution in [0.4, 0.5) is 14.0 Å². The molecular formula is C17H30FN3O5. The highest BCUT2D eigenvalue weighted by Crippen LogP contribution is 2.09. The van der Waals surface area contributed by atoms with E-state index in [1.54, 1.807) is 20.8 Å². The van der Waals surface area contributed by atoms with Gasteiger partial charge in [-0.2, -0.15) is 0 Å². The Balaban J connectivity index is 2.47. The zero-order chi connectivity index (χ0) is 19.7. The third-order valence-corrected chi connectivity index (χ3v) is 3.72. The van der Waals surface area contributed by atoms with Crippen molar-refractivity contribution in [2.75, 3.05) is 39.5 Å². The second-order valence-electron chi connectivity index (χ2n) is 7.13. The molecule has 1 atom stereocenters. The third-order valence-electron chi connectivity index (χ3n) is 3.72. The summed E-state index contributed by atoms with van der Waals surface area (Å²) in [7, 11) is 0. The van der Waals surface area contributed by atoms with Gasteiger partial charge in [0.2, 0.25) is 5.91 Å². The number of ether oxygens (including phenoxy) is 2. The fourth-order valence-electron chi connectivity index (χ4n) is 2.34. The number of nitrogens with zero attached hydrogens (tertiary/aromatic N) is 2. The van der Waals surface area contributed by atoms with Crippen molar-refractivity contribution in [1.29, 1.82) is 0 Å². The van der Waals surface area contributed by atoms with Crippen LogP contribution in [0.1, 0.15) is 40.5 Å². The van der Waals surface area contributed by atoms with E-state index in [1.807, 2.05) is 6.92 Å². The molecule has 0 spiro atoms. The topological polar surface area (TPSA) is 88.2 Å². The van der Waals surface area contributed by atoms with Crippen LogP contribution >= 0.6 is 0 Å². The summed E-state index contributed by atoms with van der Waals surface area (Å²) in [4.78, 5) is 39.0. The van der Waals surface area contributed by atoms with E-state index in [4.69, 9.17) is 9.47 Å². The Morgan fingerprint density at radius 2 is 1.69 bits per heavy atom. The van der Waals surface area contributed by atoms with E-state index in [0.29, 0.717) is 19.7 Å². The van der Waals surface area contributed by atoms with Crippen LogP contribution in [0.5, 0.6) is 0 Å². The van der Waals surface area contributed by atoms with Gasteiger partial charge in [0, 0.05) is 26.2 Å². The van der Waals surface area contributed by atoms with E-state index >= 15 is 0 Å². The molecule has 9 heteroatoms. The predicted octanol–water partition coefficient (Wildman–Crippen LogP) is 1.93. The van der Waals surface area contributed by atoms with E-state index in [2.05, 4.69) is 5.32 Å². The summed E-state index contributed by atoms with van der Waals surface area (Å²) < 4.78 is 23.4. The number of carbonyl (C=O) groups excluding carboxylic acids is 3. The normalized spacial score (nSPS) is 16.0. The Hall–Kier alpha value is -2.06. The molecule has 1 N–H and O–H groups in total. The van der Waals surface area contributed by atoms with E-state index < -0.39 is 36.4 Å². The lowest BCUT2D eigenvalue weighted by Crippen LogP contribution is -2.56. The number of alkyl carbamates (subject to hydrolysis) is 1. The van der Waals surface area contributed by atoms with Gasteiger partial charge in [0.15, 0.2) is 0 Å². The molecule has 26 heavy (non-hydrogen) atoms. The Morgan fingerprint density at radius 1 is 1.12 bits per heavy atom. The van der Waals surface area contributed by atoms with Crippen molar-refractivity contribution in [3.63, 3.8) is 0 Å². The fourth-order valence-corrected chi connectivity index (χ4v) is 2.34. The van der Waals surface area contributed by atoms with Crippen molar-refractivity contribution in [3.8, 4) is 0 Å². The highest BCUT2D eigenvalue weighted by atomic mass is 19.1. The average molecular weight is 375 g/mol. The van der Waals surface area contributed by atoms with Crippen LogP contribution in [0.2, 0.25) is 0 Å². The summed E-state index contributed by atoms with van der Waals surface area (Å²) >= 11 is 0. The van der Waals surface area contributed by atoms with Crippen LogP contribution in [0.15, 0.2) is 0 Å². The Morgan fingerprint density at radius 3 is 2.19 bits per heavy atom. The molecule has 1 heterocycles. The Labute approximate surface area is 154 Å². The molecule has 0 aromatic rings. The van der Waals surface area contributed by atoms with Crippen LogP contribution in [0.25, 0.3) is 0 Å². The highest BCUT2D eigenvalue weighted by molar-refractivity contribution is 5.86. The minimum atomic E-state index is -1.30. The fraction of sp³-hybridized carbons (Fsp3) is 0.824. The van der Waals surface area contributed by atoms with Gasteiger partial charge in [-0.05, 0) is 27.2 Å². The van der Waals surface area contributed by atoms with Gasteiger partial charge >= 0.3 is 12.2 Å². The SMILES string of the molecule is CCCCOC(=O)N1CCN(C(=O)C(CF)NC(=O)OC(C)(C)C)CC1. The minimum absolute atomic E-state index is 0.258. The number of alkyl halides is 1. The second kappa shape index (κ2) is 10.2. The molecule has 1 rings (SSSR count). The maximum absolute atomic E-state index is 13.2. The quantitative estimate of drug-likeness (QED) is 0.717. The summed E-state index contributed by atoms with van der Waals surface area (Å²) in [6.45, 7) is 7.51. The van der Waals surface area contributed by atoms with Crippen molar-refractivity contribution in [2.45, 2.75) is 52.2 Å². The van der Waals surface area contributed by atoms with Gasteiger partial charge in [-0.3, -0.25) is 4.79 Å². The average Bonchev–Trinajstić information content (AvgIpc) is 2.57. The molecule has 150 valence electrons. The molecule has 0 aromatic heterocycles. The molecule has 3 amide bonds. The summed E-state index contributed by atoms with van der Waals surface area (Å²) in [5.41, 5.74) is -0.738. The maximum atomic E-state index is 13.2. The minimum Gasteiger partial charge on any atom is -0.449 e. The molecular weight excluding hydrogens is 345 g/mol. The summed E-state index contributed by atoms with van der Waals surface area (Å²) in [6, 6.07) is -1.30. The van der Waals surface area contributed by atoms with Crippen molar-refractivity contribution in [1.82, 2.24) is 15.1 Å². The maximum Gasteiger partial charge on any atom is 0.409 e. The van der Waals surface area contributed by atoms with Gasteiger partial charge in [0.05, 0.1) is 6.61 Å². The first kappa shape index (κ1) is 22.0. The molecule has 0 radical (unpaired) electrons. The molecule has 0 saturated carbocycles. The molecule has 1 saturated heterocycles. The summed E-state index contributed by atoms with van der Waals surface area (Å²) in [5, 5.41) is 2.26. The molecule has 1 unspecified atom stereocenters. The lowest BCUT2D eigenvalue weighted by Gasteiger charge is -2.35. The van der Waals surface area contributed by atoms with Crippen molar-refractivity contribution in [3.05, 3.63) is 0 Å². The smallest absolute Gasteiger partial charge is 0.409 e. The number of piperazine rings is 1. The van der Waals surface area contributed by atoms with E-state index in [1.165, 1.54) is 9.80 Å². The van der Waals surface area contributed by atoms with Crippen LogP contribution in [0.3, 0.4) is 0 Å². The molecule has 0 aromatic carbocycles. The van der Waals surface area contributed by atoms with Crippen LogP contribution in [-0.4, -0.2) is 79.0 Å². The lowest BCUT2D eigenvalue weighted by molar-refractivity contribution is -0.135. The number of unbranched alkanes of at least 4 members (excludes halogenated alkanes) is 1. The largest absolute Gasteiger partial charge is 0.449 e. The molecule has 1 aliphatic rings. The van der Waals surface area contributed by atoms with E-state index in [9.17, 15) is 18.8 Å². The molecule has 0 aliphatic carbocycles. The Bertz CT molecular complexity index is 487. The van der Waals surface area contributed by atoms with Crippen LogP contribution in [-0.2, 0) is 14.3 Å². The number of hydrogen-bond acceptors (Lipinski definition) is 5. The number of carbonyl (C=O) groups is 3. The van der Waals surface area contributed by atoms with Gasteiger partial charge in [-0.1, -0.05) is 13.3 Å². The highest BCUT2D eigenvalue weighted by Gasteiger charge is 2.31. The number of amides is 3. The standard InChI is InChI=1S/C17H30FN3O5/c1-5-6-11-25-16(24)21-9-7-20(8-10-21)14(22)13(12-18)19-15(23)26-17(2,3)4/h13H,5-12H2,1-4H3,(H,19,23). The van der Waals surface area contributed by atoms with Crippen molar-refractivity contribution >= 4 is 18.1 Å². The van der Waals surface area contributed by atoms with Gasteiger partial charge in [0.1, 0.15) is 18.3 Å². The molecule has 0 bridgehead atoms. The molecule has 8 nitrogen and oxygen atoms in total. The lowest BCUT2D eigenvalue weighted by atomic mass is 10.2. The number of halogens is 1. The second-order valence-corrected chi connectivity index (χ2v) is 7.13. The van der Waals surface area contributed by atoms with Crippen LogP contribution < -0.4 is 5.32 Å². The van der Waals surface area contributed by atoms with Gasteiger partial charge in [0.25, 0.3) is 0 Å². The summed E-state index contributed by atoms with van der Waals surface area (Å²) in [5.74, 6) is -0.530. The predicted molar refractivity (Wildman–Crippen MR) is 93.5 cm³/mol. The zero-order valence-electron chi connectivity index (χ0n) is 16.0. The van der Waals surface area contributed by atoms with Gasteiger partial charge in [-0.25, -0.2) is 14.0 Å². The van der Waals surface area contributed by atoms with Gasteiger partial charge in [-0.15, -0.1) is 0 Å². The zero-order valence-corrected chi connectivity index (χ0v) is 16.0. The number of rotatable bonds is 6. The first-order valence-electron chi connectivity index (χ1n) is 8.94. The third kappa shape index (κ3) is 7.45. The van der Waals surface area contributed by atoms with Crippen LogP contribution in [0, 0.1) is 0 Å².